The van der Waals surface area contributed by atoms with Crippen molar-refractivity contribution in [3.63, 3.8) is 0 Å². The molecule has 1 aliphatic rings. The van der Waals surface area contributed by atoms with Gasteiger partial charge >= 0.3 is 12.1 Å². The summed E-state index contributed by atoms with van der Waals surface area (Å²) in [5.41, 5.74) is 3.22. The van der Waals surface area contributed by atoms with Crippen LogP contribution < -0.4 is 10.1 Å². The molecule has 2 amide bonds. The highest BCUT2D eigenvalue weighted by atomic mass is 32.1. The van der Waals surface area contributed by atoms with Gasteiger partial charge in [-0.1, -0.05) is 24.6 Å². The van der Waals surface area contributed by atoms with Gasteiger partial charge in [0.1, 0.15) is 16.8 Å². The molecule has 9 nitrogen and oxygen atoms in total. The van der Waals surface area contributed by atoms with Crippen LogP contribution in [0.5, 0.6) is 5.75 Å². The maximum atomic E-state index is 12.8. The smallest absolute Gasteiger partial charge is 0.410 e. The number of anilines is 1. The molecule has 0 saturated carbocycles. The molecule has 0 fully saturated rings. The Kier molecular flexibility index (Phi) is 7.55. The second-order valence-electron chi connectivity index (χ2n) is 7.84. The van der Waals surface area contributed by atoms with Gasteiger partial charge in [0.05, 0.1) is 19.2 Å². The summed E-state index contributed by atoms with van der Waals surface area (Å²) >= 11 is 1.25. The minimum Gasteiger partial charge on any atom is -0.496 e. The van der Waals surface area contributed by atoms with Crippen LogP contribution in [0.3, 0.4) is 0 Å². The van der Waals surface area contributed by atoms with Crippen molar-refractivity contribution in [2.24, 2.45) is 0 Å². The lowest BCUT2D eigenvalue weighted by Gasteiger charge is -2.25. The number of hydrogen-bond acceptors (Lipinski definition) is 7. The molecular weight excluding hydrogens is 446 g/mol. The Morgan fingerprint density at radius 2 is 2.12 bits per heavy atom. The number of carboxylic acids is 1. The van der Waals surface area contributed by atoms with Gasteiger partial charge in [0, 0.05) is 17.8 Å². The number of ether oxygens (including phenoxy) is 2. The minimum absolute atomic E-state index is 0.0977. The van der Waals surface area contributed by atoms with E-state index in [1.165, 1.54) is 16.2 Å². The third kappa shape index (κ3) is 5.62. The van der Waals surface area contributed by atoms with E-state index < -0.39 is 18.7 Å². The van der Waals surface area contributed by atoms with Crippen LogP contribution in [0.25, 0.3) is 0 Å². The number of rotatable bonds is 7. The first-order chi connectivity index (χ1) is 15.7. The molecule has 0 aliphatic carbocycles. The molecule has 2 aromatic rings. The lowest BCUT2D eigenvalue weighted by molar-refractivity contribution is -0.140. The second-order valence-corrected chi connectivity index (χ2v) is 8.94. The monoisotopic (exact) mass is 471 g/mol. The summed E-state index contributed by atoms with van der Waals surface area (Å²) < 4.78 is 10.2. The Balaban J connectivity index is 1.71. The van der Waals surface area contributed by atoms with Crippen LogP contribution >= 0.6 is 11.3 Å². The Morgan fingerprint density at radius 1 is 1.36 bits per heavy atom. The number of nitriles is 1. The number of carbonyl (C=O) groups excluding carboxylic acids is 2. The fraction of sp³-hybridized carbons (Fsp3) is 0.391. The fourth-order valence-electron chi connectivity index (χ4n) is 3.79. The molecule has 0 saturated heterocycles. The zero-order valence-electron chi connectivity index (χ0n) is 18.6. The molecule has 0 spiro atoms. The number of benzene rings is 1. The SMILES string of the molecule is COc1ccc(C)cc1[C@@H](C)CC(=O)Nc1sc2c(c1C#N)CCN(C(=O)OCC(=O)O)C2. The second kappa shape index (κ2) is 10.4. The van der Waals surface area contributed by atoms with E-state index in [2.05, 4.69) is 11.4 Å². The summed E-state index contributed by atoms with van der Waals surface area (Å²) in [5.74, 6) is -0.829. The van der Waals surface area contributed by atoms with Crippen molar-refractivity contribution in [3.8, 4) is 11.8 Å². The largest absolute Gasteiger partial charge is 0.496 e. The summed E-state index contributed by atoms with van der Waals surface area (Å²) in [5, 5.41) is 21.7. The van der Waals surface area contributed by atoms with Gasteiger partial charge in [-0.3, -0.25) is 4.79 Å². The van der Waals surface area contributed by atoms with Crippen molar-refractivity contribution in [1.82, 2.24) is 4.90 Å². The van der Waals surface area contributed by atoms with E-state index in [1.54, 1.807) is 7.11 Å². The van der Waals surface area contributed by atoms with E-state index in [1.807, 2.05) is 32.0 Å². The predicted molar refractivity (Wildman–Crippen MR) is 122 cm³/mol. The normalized spacial score (nSPS) is 13.5. The van der Waals surface area contributed by atoms with Crippen molar-refractivity contribution in [2.75, 3.05) is 25.6 Å². The Morgan fingerprint density at radius 3 is 2.79 bits per heavy atom. The third-order valence-electron chi connectivity index (χ3n) is 5.41. The summed E-state index contributed by atoms with van der Waals surface area (Å²) in [7, 11) is 1.59. The first kappa shape index (κ1) is 24.1. The average Bonchev–Trinajstić information content (AvgIpc) is 3.12. The summed E-state index contributed by atoms with van der Waals surface area (Å²) in [6.45, 7) is 3.71. The number of carboxylic acid groups (broad SMARTS) is 1. The topological polar surface area (TPSA) is 129 Å². The molecule has 1 atom stereocenters. The van der Waals surface area contributed by atoms with Gasteiger partial charge in [0.2, 0.25) is 5.91 Å². The van der Waals surface area contributed by atoms with Gasteiger partial charge in [0.15, 0.2) is 6.61 Å². The van der Waals surface area contributed by atoms with Crippen LogP contribution in [0.4, 0.5) is 9.80 Å². The highest BCUT2D eigenvalue weighted by Gasteiger charge is 2.29. The van der Waals surface area contributed by atoms with E-state index in [0.717, 1.165) is 27.3 Å². The third-order valence-corrected chi connectivity index (χ3v) is 6.54. The molecule has 33 heavy (non-hydrogen) atoms. The van der Waals surface area contributed by atoms with Gasteiger partial charge in [-0.15, -0.1) is 11.3 Å². The lowest BCUT2D eigenvalue weighted by atomic mass is 9.95. The van der Waals surface area contributed by atoms with E-state index in [0.29, 0.717) is 23.5 Å². The Labute approximate surface area is 195 Å². The Hall–Kier alpha value is -3.58. The minimum atomic E-state index is -1.23. The molecule has 1 aromatic carbocycles. The maximum absolute atomic E-state index is 12.8. The van der Waals surface area contributed by atoms with Gasteiger partial charge in [-0.2, -0.15) is 5.26 Å². The first-order valence-electron chi connectivity index (χ1n) is 10.4. The first-order valence-corrected chi connectivity index (χ1v) is 11.2. The van der Waals surface area contributed by atoms with E-state index >= 15 is 0 Å². The number of methoxy groups -OCH3 is 1. The van der Waals surface area contributed by atoms with Crippen molar-refractivity contribution in [3.05, 3.63) is 45.3 Å². The van der Waals surface area contributed by atoms with E-state index in [4.69, 9.17) is 14.6 Å². The average molecular weight is 472 g/mol. The summed E-state index contributed by atoms with van der Waals surface area (Å²) in [6, 6.07) is 8.00. The zero-order chi connectivity index (χ0) is 24.1. The molecule has 2 N–H and O–H groups in total. The number of hydrogen-bond donors (Lipinski definition) is 2. The molecule has 10 heteroatoms. The molecule has 174 valence electrons. The molecule has 3 rings (SSSR count). The van der Waals surface area contributed by atoms with Gasteiger partial charge in [-0.05, 0) is 36.5 Å². The highest BCUT2D eigenvalue weighted by molar-refractivity contribution is 7.16. The number of fused-ring (bicyclic) bond motifs is 1. The highest BCUT2D eigenvalue weighted by Crippen LogP contribution is 2.37. The Bertz CT molecular complexity index is 1120. The number of amides is 2. The van der Waals surface area contributed by atoms with Crippen LogP contribution in [-0.2, 0) is 27.3 Å². The predicted octanol–water partition coefficient (Wildman–Crippen LogP) is 3.65. The fourth-order valence-corrected chi connectivity index (χ4v) is 5.01. The number of thiophene rings is 1. The summed E-state index contributed by atoms with van der Waals surface area (Å²) in [6.07, 6.45) is -0.0913. The van der Waals surface area contributed by atoms with Gasteiger partial charge < -0.3 is 24.8 Å². The molecule has 1 aliphatic heterocycles. The molecule has 0 radical (unpaired) electrons. The molecule has 0 unspecified atom stereocenters. The van der Waals surface area contributed by atoms with Crippen LogP contribution in [-0.4, -0.2) is 48.2 Å². The number of carbonyl (C=O) groups is 3. The van der Waals surface area contributed by atoms with Crippen molar-refractivity contribution in [2.45, 2.75) is 39.2 Å². The quantitative estimate of drug-likeness (QED) is 0.630. The molecule has 0 bridgehead atoms. The molecule has 1 aromatic heterocycles. The van der Waals surface area contributed by atoms with Crippen LogP contribution in [0, 0.1) is 18.3 Å². The van der Waals surface area contributed by atoms with Crippen molar-refractivity contribution >= 4 is 34.3 Å². The van der Waals surface area contributed by atoms with Crippen molar-refractivity contribution in [1.29, 1.82) is 5.26 Å². The number of aliphatic carboxylic acids is 1. The molecule has 2 heterocycles. The van der Waals surface area contributed by atoms with Gasteiger partial charge in [0.25, 0.3) is 0 Å². The van der Waals surface area contributed by atoms with Crippen LogP contribution in [0.1, 0.15) is 46.4 Å². The lowest BCUT2D eigenvalue weighted by Crippen LogP contribution is -2.36. The zero-order valence-corrected chi connectivity index (χ0v) is 19.5. The summed E-state index contributed by atoms with van der Waals surface area (Å²) in [4.78, 5) is 37.7. The van der Waals surface area contributed by atoms with Gasteiger partial charge in [-0.25, -0.2) is 9.59 Å². The molecular formula is C23H25N3O6S. The van der Waals surface area contributed by atoms with Crippen molar-refractivity contribution < 1.29 is 29.0 Å². The van der Waals surface area contributed by atoms with Crippen LogP contribution in [0.15, 0.2) is 18.2 Å². The maximum Gasteiger partial charge on any atom is 0.410 e. The van der Waals surface area contributed by atoms with Crippen LogP contribution in [0.2, 0.25) is 0 Å². The number of nitrogens with one attached hydrogen (secondary N) is 1. The number of aryl methyl sites for hydroxylation is 1. The standard InChI is InChI=1S/C23H25N3O6S/c1-13-4-5-18(31-3)16(8-13)14(2)9-20(27)25-22-17(10-24)15-6-7-26(11-19(15)33-22)23(30)32-12-21(28)29/h4-5,8,14H,6-7,9,11-12H2,1-3H3,(H,25,27)(H,28,29)/t14-/m0/s1. The van der Waals surface area contributed by atoms with E-state index in [9.17, 15) is 19.6 Å². The van der Waals surface area contributed by atoms with E-state index in [-0.39, 0.29) is 24.8 Å². The number of nitrogens with zero attached hydrogens (tertiary/aromatic N) is 2.